The van der Waals surface area contributed by atoms with Crippen molar-refractivity contribution < 1.29 is 27.4 Å². The highest BCUT2D eigenvalue weighted by atomic mass is 19.4. The number of fused-ring (bicyclic) bond motifs is 2. The minimum absolute atomic E-state index is 0.0452. The molecule has 46 heavy (non-hydrogen) atoms. The number of hydrogen-bond acceptors (Lipinski definition) is 7. The summed E-state index contributed by atoms with van der Waals surface area (Å²) in [4.78, 5) is 33.6. The number of rotatable bonds is 7. The van der Waals surface area contributed by atoms with Crippen LogP contribution in [0.25, 0.3) is 11.0 Å². The van der Waals surface area contributed by atoms with E-state index in [2.05, 4.69) is 31.2 Å². The standard InChI is InChI=1S/C33H36F3N7O3/c1-3-19-17-43(32(44)40-22-13-26(33(34,35)36)31(39-15-22)46-23-7-10-42(2)11-8-23)18-21-12-24(16-38-29(19)21)45-28-6-9-37-30-25(28)14-27(41-30)20-4-5-20/h6,9,12-16,19-20,23H,3-5,7-8,10-11,17-18H2,1-2H3,(H,37,41)(H,40,44)/t19-/m1/s1. The molecule has 0 bridgehead atoms. The molecule has 4 aromatic heterocycles. The normalized spacial score (nSPS) is 19.2. The zero-order valence-corrected chi connectivity index (χ0v) is 25.7. The van der Waals surface area contributed by atoms with Crippen molar-refractivity contribution in [3.05, 3.63) is 65.4 Å². The molecule has 242 valence electrons. The average Bonchev–Trinajstić information content (AvgIpc) is 3.80. The Bertz CT molecular complexity index is 1750. The van der Waals surface area contributed by atoms with Crippen molar-refractivity contribution in [1.29, 1.82) is 0 Å². The Balaban J connectivity index is 1.08. The number of likely N-dealkylation sites (tertiary alicyclic amines) is 1. The number of carbonyl (C=O) groups excluding carboxylic acids is 1. The van der Waals surface area contributed by atoms with E-state index in [1.807, 2.05) is 26.1 Å². The molecule has 1 saturated heterocycles. The van der Waals surface area contributed by atoms with Gasteiger partial charge in [-0.1, -0.05) is 6.92 Å². The first-order valence-corrected chi connectivity index (χ1v) is 15.8. The minimum Gasteiger partial charge on any atom is -0.474 e. The van der Waals surface area contributed by atoms with Crippen molar-refractivity contribution in [2.75, 3.05) is 32.0 Å². The number of piperidine rings is 1. The third-order valence-electron chi connectivity index (χ3n) is 9.05. The van der Waals surface area contributed by atoms with Crippen molar-refractivity contribution in [3.63, 3.8) is 0 Å². The summed E-state index contributed by atoms with van der Waals surface area (Å²) in [6, 6.07) is 6.15. The summed E-state index contributed by atoms with van der Waals surface area (Å²) in [5, 5.41) is 3.52. The predicted octanol–water partition coefficient (Wildman–Crippen LogP) is 7.06. The molecule has 1 aliphatic carbocycles. The first kappa shape index (κ1) is 30.3. The van der Waals surface area contributed by atoms with Crippen LogP contribution in [0.4, 0.5) is 23.7 Å². The number of halogens is 3. The summed E-state index contributed by atoms with van der Waals surface area (Å²) in [7, 11) is 1.97. The van der Waals surface area contributed by atoms with E-state index in [4.69, 9.17) is 14.5 Å². The van der Waals surface area contributed by atoms with Crippen molar-refractivity contribution in [2.45, 2.75) is 69.7 Å². The second-order valence-electron chi connectivity index (χ2n) is 12.5. The summed E-state index contributed by atoms with van der Waals surface area (Å²) in [6.45, 7) is 4.09. The van der Waals surface area contributed by atoms with Gasteiger partial charge in [-0.05, 0) is 74.9 Å². The highest BCUT2D eigenvalue weighted by Gasteiger charge is 2.37. The lowest BCUT2D eigenvalue weighted by Gasteiger charge is -2.33. The molecule has 0 radical (unpaired) electrons. The third-order valence-corrected chi connectivity index (χ3v) is 9.05. The molecule has 1 saturated carbocycles. The molecule has 2 aliphatic heterocycles. The first-order chi connectivity index (χ1) is 22.1. The molecule has 0 unspecified atom stereocenters. The molecular weight excluding hydrogens is 599 g/mol. The fourth-order valence-electron chi connectivity index (χ4n) is 6.28. The van der Waals surface area contributed by atoms with Crippen molar-refractivity contribution in [1.82, 2.24) is 29.7 Å². The van der Waals surface area contributed by atoms with Crippen LogP contribution in [0.1, 0.15) is 73.4 Å². The van der Waals surface area contributed by atoms with Crippen LogP contribution < -0.4 is 14.8 Å². The van der Waals surface area contributed by atoms with Crippen LogP contribution in [-0.2, 0) is 12.7 Å². The average molecular weight is 636 g/mol. The number of aromatic nitrogens is 4. The highest BCUT2D eigenvalue weighted by molar-refractivity contribution is 5.89. The molecule has 4 aromatic rings. The van der Waals surface area contributed by atoms with Gasteiger partial charge >= 0.3 is 12.2 Å². The maximum atomic E-state index is 14.0. The molecule has 3 aliphatic rings. The highest BCUT2D eigenvalue weighted by Crippen LogP contribution is 2.42. The van der Waals surface area contributed by atoms with E-state index in [1.165, 1.54) is 19.0 Å². The number of aromatic amines is 1. The van der Waals surface area contributed by atoms with Gasteiger partial charge in [-0.2, -0.15) is 13.2 Å². The zero-order valence-electron chi connectivity index (χ0n) is 25.7. The number of nitrogens with one attached hydrogen (secondary N) is 2. The first-order valence-electron chi connectivity index (χ1n) is 15.8. The molecule has 7 rings (SSSR count). The molecule has 0 aromatic carbocycles. The third kappa shape index (κ3) is 6.33. The number of alkyl halides is 3. The van der Waals surface area contributed by atoms with Gasteiger partial charge in [0.25, 0.3) is 0 Å². The van der Waals surface area contributed by atoms with Gasteiger partial charge in [0.1, 0.15) is 28.8 Å². The lowest BCUT2D eigenvalue weighted by atomic mass is 9.92. The number of carbonyl (C=O) groups is 1. The van der Waals surface area contributed by atoms with Gasteiger partial charge in [-0.15, -0.1) is 0 Å². The van der Waals surface area contributed by atoms with Crippen LogP contribution in [0.2, 0.25) is 0 Å². The van der Waals surface area contributed by atoms with Gasteiger partial charge in [0.05, 0.1) is 29.2 Å². The molecule has 10 nitrogen and oxygen atoms in total. The van der Waals surface area contributed by atoms with Gasteiger partial charge in [0.15, 0.2) is 0 Å². The summed E-state index contributed by atoms with van der Waals surface area (Å²) >= 11 is 0. The molecule has 13 heteroatoms. The van der Waals surface area contributed by atoms with Crippen LogP contribution in [0, 0.1) is 0 Å². The molecule has 2 fully saturated rings. The van der Waals surface area contributed by atoms with Gasteiger partial charge < -0.3 is 29.6 Å². The summed E-state index contributed by atoms with van der Waals surface area (Å²) in [5.41, 5.74) is 2.56. The van der Waals surface area contributed by atoms with E-state index >= 15 is 0 Å². The topological polar surface area (TPSA) is 109 Å². The quantitative estimate of drug-likeness (QED) is 0.224. The van der Waals surface area contributed by atoms with E-state index in [0.29, 0.717) is 36.8 Å². The zero-order chi connectivity index (χ0) is 32.0. The largest absolute Gasteiger partial charge is 0.474 e. The summed E-state index contributed by atoms with van der Waals surface area (Å²) in [6.07, 6.45) is 3.84. The number of amides is 2. The van der Waals surface area contributed by atoms with Crippen LogP contribution >= 0.6 is 0 Å². The Kier molecular flexibility index (Phi) is 7.95. The Morgan fingerprint density at radius 3 is 2.63 bits per heavy atom. The van der Waals surface area contributed by atoms with Crippen molar-refractivity contribution in [2.24, 2.45) is 0 Å². The lowest BCUT2D eigenvalue weighted by Crippen LogP contribution is -2.41. The Hall–Kier alpha value is -4.39. The minimum atomic E-state index is -4.70. The maximum absolute atomic E-state index is 14.0. The van der Waals surface area contributed by atoms with E-state index in [0.717, 1.165) is 53.6 Å². The Morgan fingerprint density at radius 1 is 1.09 bits per heavy atom. The summed E-state index contributed by atoms with van der Waals surface area (Å²) < 4.78 is 54.1. The predicted molar refractivity (Wildman–Crippen MR) is 165 cm³/mol. The van der Waals surface area contributed by atoms with Crippen molar-refractivity contribution >= 4 is 22.8 Å². The Morgan fingerprint density at radius 2 is 1.89 bits per heavy atom. The molecule has 2 N–H and O–H groups in total. The number of hydrogen-bond donors (Lipinski definition) is 2. The number of urea groups is 1. The number of nitrogens with zero attached hydrogens (tertiary/aromatic N) is 5. The molecule has 1 atom stereocenters. The molecule has 0 spiro atoms. The Labute approximate surface area is 264 Å². The molecule has 2 amide bonds. The van der Waals surface area contributed by atoms with Gasteiger partial charge in [-0.25, -0.2) is 14.8 Å². The van der Waals surface area contributed by atoms with Gasteiger partial charge in [0, 0.05) is 44.0 Å². The molecular formula is C33H36F3N7O3. The summed E-state index contributed by atoms with van der Waals surface area (Å²) in [5.74, 6) is 1.21. The number of pyridine rings is 3. The second kappa shape index (κ2) is 12.1. The van der Waals surface area contributed by atoms with Crippen molar-refractivity contribution in [3.8, 4) is 17.4 Å². The fourth-order valence-corrected chi connectivity index (χ4v) is 6.28. The van der Waals surface area contributed by atoms with E-state index in [9.17, 15) is 18.0 Å². The number of ether oxygens (including phenoxy) is 2. The van der Waals surface area contributed by atoms with E-state index < -0.39 is 23.7 Å². The van der Waals surface area contributed by atoms with E-state index in [1.54, 1.807) is 17.3 Å². The number of anilines is 1. The smallest absolute Gasteiger partial charge is 0.421 e. The fraction of sp³-hybridized carbons (Fsp3) is 0.455. The van der Waals surface area contributed by atoms with Crippen LogP contribution in [0.3, 0.4) is 0 Å². The van der Waals surface area contributed by atoms with Crippen LogP contribution in [-0.4, -0.2) is 68.6 Å². The monoisotopic (exact) mass is 635 g/mol. The number of H-pyrrole nitrogens is 1. The SMILES string of the molecule is CC[C@@H]1CN(C(=O)Nc2cnc(OC3CCN(C)CC3)c(C(F)(F)F)c2)Cc2cc(Oc3ccnc4[nH]c(C5CC5)cc34)cnc21. The van der Waals surface area contributed by atoms with Crippen LogP contribution in [0.15, 0.2) is 42.9 Å². The van der Waals surface area contributed by atoms with Crippen LogP contribution in [0.5, 0.6) is 17.4 Å². The molecule has 6 heterocycles. The lowest BCUT2D eigenvalue weighted by molar-refractivity contribution is -0.139. The van der Waals surface area contributed by atoms with Gasteiger partial charge in [0.2, 0.25) is 5.88 Å². The van der Waals surface area contributed by atoms with Gasteiger partial charge in [-0.3, -0.25) is 4.98 Å². The maximum Gasteiger partial charge on any atom is 0.421 e. The second-order valence-corrected chi connectivity index (χ2v) is 12.5. The van der Waals surface area contributed by atoms with E-state index in [-0.39, 0.29) is 24.3 Å².